The molecule has 0 aliphatic carbocycles. The highest BCUT2D eigenvalue weighted by Gasteiger charge is 2.07. The van der Waals surface area contributed by atoms with Crippen LogP contribution < -0.4 is 10.2 Å². The van der Waals surface area contributed by atoms with Crippen molar-refractivity contribution >= 4 is 34.9 Å². The van der Waals surface area contributed by atoms with Crippen LogP contribution in [0.2, 0.25) is 0 Å². The number of hydrogen-bond acceptors (Lipinski definition) is 5. The Morgan fingerprint density at radius 3 is 2.82 bits per heavy atom. The van der Waals surface area contributed by atoms with Crippen LogP contribution in [0.3, 0.4) is 0 Å². The molecule has 0 aromatic heterocycles. The highest BCUT2D eigenvalue weighted by atomic mass is 127. The van der Waals surface area contributed by atoms with Crippen molar-refractivity contribution < 1.29 is 19.4 Å². The Hall–Kier alpha value is -1.51. The predicted octanol–water partition coefficient (Wildman–Crippen LogP) is 1.70. The summed E-state index contributed by atoms with van der Waals surface area (Å²) in [5.74, 6) is 0.419. The molecule has 0 aliphatic rings. The van der Waals surface area contributed by atoms with E-state index in [-0.39, 0.29) is 5.75 Å². The number of carbonyl (C=O) groups is 1. The standard InChI is InChI=1S/C10H11IN2O4/c1-16-8-4-6(3-7(11)9(8)14)5-12-13-10(15)17-2/h3-5,14H,1-2H3,(H,13,15)/b12-5+. The molecule has 1 aromatic rings. The van der Waals surface area contributed by atoms with Gasteiger partial charge in [0.1, 0.15) is 0 Å². The second kappa shape index (κ2) is 6.28. The first-order chi connectivity index (χ1) is 8.08. The Balaban J connectivity index is 2.85. The van der Waals surface area contributed by atoms with E-state index in [0.717, 1.165) is 0 Å². The number of halogens is 1. The number of hydrogen-bond donors (Lipinski definition) is 2. The largest absolute Gasteiger partial charge is 0.504 e. The summed E-state index contributed by atoms with van der Waals surface area (Å²) in [6.45, 7) is 0. The zero-order chi connectivity index (χ0) is 12.8. The highest BCUT2D eigenvalue weighted by molar-refractivity contribution is 14.1. The van der Waals surface area contributed by atoms with E-state index in [1.165, 1.54) is 20.4 Å². The Kier molecular flexibility index (Phi) is 5.01. The second-order valence-corrected chi connectivity index (χ2v) is 4.08. The fraction of sp³-hybridized carbons (Fsp3) is 0.200. The molecule has 0 radical (unpaired) electrons. The lowest BCUT2D eigenvalue weighted by molar-refractivity contribution is 0.171. The van der Waals surface area contributed by atoms with Crippen molar-refractivity contribution in [2.75, 3.05) is 14.2 Å². The van der Waals surface area contributed by atoms with Crippen LogP contribution in [0, 0.1) is 3.57 Å². The maximum absolute atomic E-state index is 10.7. The van der Waals surface area contributed by atoms with Crippen LogP contribution in [-0.2, 0) is 4.74 Å². The summed E-state index contributed by atoms with van der Waals surface area (Å²) in [7, 11) is 2.70. The van der Waals surface area contributed by atoms with Gasteiger partial charge in [0.25, 0.3) is 0 Å². The van der Waals surface area contributed by atoms with Gasteiger partial charge in [-0.05, 0) is 40.3 Å². The molecule has 17 heavy (non-hydrogen) atoms. The number of carbonyl (C=O) groups excluding carboxylic acids is 1. The fourth-order valence-corrected chi connectivity index (χ4v) is 1.65. The van der Waals surface area contributed by atoms with E-state index in [0.29, 0.717) is 14.9 Å². The number of benzene rings is 1. The highest BCUT2D eigenvalue weighted by Crippen LogP contribution is 2.31. The van der Waals surface area contributed by atoms with Crippen molar-refractivity contribution in [3.63, 3.8) is 0 Å². The van der Waals surface area contributed by atoms with Gasteiger partial charge in [-0.2, -0.15) is 5.10 Å². The third-order valence-electron chi connectivity index (χ3n) is 1.83. The minimum atomic E-state index is -0.651. The summed E-state index contributed by atoms with van der Waals surface area (Å²) in [6, 6.07) is 3.29. The van der Waals surface area contributed by atoms with Gasteiger partial charge in [0, 0.05) is 0 Å². The number of amides is 1. The van der Waals surface area contributed by atoms with Crippen LogP contribution in [0.4, 0.5) is 4.79 Å². The number of phenolic OH excluding ortho intramolecular Hbond substituents is 1. The van der Waals surface area contributed by atoms with Crippen LogP contribution in [0.15, 0.2) is 17.2 Å². The zero-order valence-corrected chi connectivity index (χ0v) is 11.4. The summed E-state index contributed by atoms with van der Waals surface area (Å²) in [5.41, 5.74) is 2.84. The molecular weight excluding hydrogens is 339 g/mol. The number of nitrogens with one attached hydrogen (secondary N) is 1. The average molecular weight is 350 g/mol. The van der Waals surface area contributed by atoms with Crippen molar-refractivity contribution in [1.29, 1.82) is 0 Å². The van der Waals surface area contributed by atoms with Crippen molar-refractivity contribution in [2.45, 2.75) is 0 Å². The van der Waals surface area contributed by atoms with E-state index >= 15 is 0 Å². The SMILES string of the molecule is COC(=O)N/N=C/c1cc(I)c(O)c(OC)c1. The van der Waals surface area contributed by atoms with Gasteiger partial charge in [0.15, 0.2) is 11.5 Å². The molecule has 0 bridgehead atoms. The van der Waals surface area contributed by atoms with Gasteiger partial charge in [-0.25, -0.2) is 10.2 Å². The minimum Gasteiger partial charge on any atom is -0.504 e. The molecule has 2 N–H and O–H groups in total. The maximum Gasteiger partial charge on any atom is 0.427 e. The molecule has 92 valence electrons. The van der Waals surface area contributed by atoms with Crippen LogP contribution in [0.5, 0.6) is 11.5 Å². The van der Waals surface area contributed by atoms with Crippen molar-refractivity contribution in [2.24, 2.45) is 5.10 Å². The first kappa shape index (κ1) is 13.6. The molecule has 1 rings (SSSR count). The number of rotatable bonds is 3. The number of phenols is 1. The predicted molar refractivity (Wildman–Crippen MR) is 70.5 cm³/mol. The lowest BCUT2D eigenvalue weighted by Crippen LogP contribution is -2.16. The van der Waals surface area contributed by atoms with E-state index in [1.807, 2.05) is 22.6 Å². The maximum atomic E-state index is 10.7. The summed E-state index contributed by atoms with van der Waals surface area (Å²) >= 11 is 1.97. The van der Waals surface area contributed by atoms with Gasteiger partial charge in [0.05, 0.1) is 24.0 Å². The van der Waals surface area contributed by atoms with Crippen molar-refractivity contribution in [3.8, 4) is 11.5 Å². The Morgan fingerprint density at radius 1 is 1.53 bits per heavy atom. The molecular formula is C10H11IN2O4. The summed E-state index contributed by atoms with van der Waals surface area (Å²) < 4.78 is 9.96. The van der Waals surface area contributed by atoms with Crippen LogP contribution in [0.25, 0.3) is 0 Å². The molecule has 6 nitrogen and oxygen atoms in total. The van der Waals surface area contributed by atoms with Gasteiger partial charge < -0.3 is 14.6 Å². The van der Waals surface area contributed by atoms with Gasteiger partial charge in [-0.1, -0.05) is 0 Å². The Labute approximate surface area is 112 Å². The Bertz CT molecular complexity index is 448. The van der Waals surface area contributed by atoms with Gasteiger partial charge >= 0.3 is 6.09 Å². The molecule has 0 atom stereocenters. The number of aromatic hydroxyl groups is 1. The molecule has 0 heterocycles. The molecule has 1 aromatic carbocycles. The lowest BCUT2D eigenvalue weighted by atomic mass is 10.2. The zero-order valence-electron chi connectivity index (χ0n) is 9.23. The van der Waals surface area contributed by atoms with E-state index in [9.17, 15) is 9.90 Å². The van der Waals surface area contributed by atoms with Crippen molar-refractivity contribution in [3.05, 3.63) is 21.3 Å². The summed E-state index contributed by atoms with van der Waals surface area (Å²) in [4.78, 5) is 10.7. The molecule has 0 aliphatic heterocycles. The minimum absolute atomic E-state index is 0.0752. The molecule has 7 heteroatoms. The number of nitrogens with zero attached hydrogens (tertiary/aromatic N) is 1. The molecule has 0 fully saturated rings. The van der Waals surface area contributed by atoms with Gasteiger partial charge in [-0.15, -0.1) is 0 Å². The molecule has 0 saturated heterocycles. The quantitative estimate of drug-likeness (QED) is 0.494. The normalized spacial score (nSPS) is 10.3. The Morgan fingerprint density at radius 2 is 2.24 bits per heavy atom. The van der Waals surface area contributed by atoms with E-state index < -0.39 is 6.09 Å². The first-order valence-electron chi connectivity index (χ1n) is 4.52. The first-order valence-corrected chi connectivity index (χ1v) is 5.60. The number of methoxy groups -OCH3 is 2. The van der Waals surface area contributed by atoms with Crippen molar-refractivity contribution in [1.82, 2.24) is 5.43 Å². The topological polar surface area (TPSA) is 80.2 Å². The van der Waals surface area contributed by atoms with Gasteiger partial charge in [-0.3, -0.25) is 0 Å². The molecule has 0 saturated carbocycles. The van der Waals surface area contributed by atoms with E-state index in [2.05, 4.69) is 15.3 Å². The molecule has 0 unspecified atom stereocenters. The summed E-state index contributed by atoms with van der Waals surface area (Å²) in [6.07, 6.45) is 0.766. The van der Waals surface area contributed by atoms with Gasteiger partial charge in [0.2, 0.25) is 0 Å². The van der Waals surface area contributed by atoms with Crippen LogP contribution >= 0.6 is 22.6 Å². The lowest BCUT2D eigenvalue weighted by Gasteiger charge is -2.06. The van der Waals surface area contributed by atoms with Crippen LogP contribution in [0.1, 0.15) is 5.56 Å². The fourth-order valence-electron chi connectivity index (χ4n) is 1.03. The number of ether oxygens (including phenoxy) is 2. The van der Waals surface area contributed by atoms with E-state index in [1.54, 1.807) is 12.1 Å². The molecule has 0 spiro atoms. The average Bonchev–Trinajstić information content (AvgIpc) is 2.33. The second-order valence-electron chi connectivity index (χ2n) is 2.92. The molecule has 1 amide bonds. The van der Waals surface area contributed by atoms with Crippen LogP contribution in [-0.4, -0.2) is 31.6 Å². The smallest absolute Gasteiger partial charge is 0.427 e. The summed E-state index contributed by atoms with van der Waals surface area (Å²) in [5, 5.41) is 13.3. The number of hydrazone groups is 1. The van der Waals surface area contributed by atoms with E-state index in [4.69, 9.17) is 4.74 Å². The third-order valence-corrected chi connectivity index (χ3v) is 2.65. The monoisotopic (exact) mass is 350 g/mol. The third kappa shape index (κ3) is 3.77.